The molecule has 2 heteroatoms. The molecule has 2 nitrogen and oxygen atoms in total. The third-order valence-electron chi connectivity index (χ3n) is 1.47. The van der Waals surface area contributed by atoms with Gasteiger partial charge in [-0.2, -0.15) is 0 Å². The molecule has 0 amide bonds. The average Bonchev–Trinajstić information content (AvgIpc) is 1.81. The van der Waals surface area contributed by atoms with E-state index >= 15 is 0 Å². The van der Waals surface area contributed by atoms with E-state index < -0.39 is 0 Å². The highest BCUT2D eigenvalue weighted by Gasteiger charge is 2.11. The molecule has 0 radical (unpaired) electrons. The normalized spacial score (nSPS) is 11.5. The summed E-state index contributed by atoms with van der Waals surface area (Å²) < 4.78 is 5.51. The Morgan fingerprint density at radius 2 is 1.92 bits per heavy atom. The molecule has 0 heterocycles. The van der Waals surface area contributed by atoms with Crippen molar-refractivity contribution in [2.24, 2.45) is 5.92 Å². The van der Waals surface area contributed by atoms with E-state index in [0.717, 1.165) is 18.9 Å². The number of rotatable bonds is 5. The highest BCUT2D eigenvalue weighted by molar-refractivity contribution is 4.82. The lowest BCUT2D eigenvalue weighted by Gasteiger charge is -2.23. The van der Waals surface area contributed by atoms with E-state index in [4.69, 9.17) is 4.74 Å². The number of ether oxygens (including phenoxy) is 1. The molecule has 0 aliphatic carbocycles. The summed E-state index contributed by atoms with van der Waals surface area (Å²) in [6, 6.07) is 0. The number of nitrogens with one attached hydrogen (secondary N) is 1. The van der Waals surface area contributed by atoms with E-state index in [0.29, 0.717) is 5.88 Å². The van der Waals surface area contributed by atoms with Gasteiger partial charge in [-0.15, -0.1) is 0 Å². The van der Waals surface area contributed by atoms with Crippen LogP contribution in [0.4, 0.5) is 0 Å². The van der Waals surface area contributed by atoms with Gasteiger partial charge < -0.3 is 10.1 Å². The predicted octanol–water partition coefficient (Wildman–Crippen LogP) is 2.91. The molecule has 0 saturated heterocycles. The Kier molecular flexibility index (Phi) is 4.89. The lowest BCUT2D eigenvalue weighted by Crippen LogP contribution is -2.26. The SMILES string of the molecule is C=C(NCCC(C)C)OC(C)(C)C. The zero-order valence-electron chi connectivity index (χ0n) is 9.61. The first kappa shape index (κ1) is 12.3. The third-order valence-corrected chi connectivity index (χ3v) is 1.47. The highest BCUT2D eigenvalue weighted by Crippen LogP contribution is 2.10. The van der Waals surface area contributed by atoms with Crippen LogP contribution in [-0.2, 0) is 4.74 Å². The van der Waals surface area contributed by atoms with Gasteiger partial charge in [-0.1, -0.05) is 13.8 Å². The van der Waals surface area contributed by atoms with Crippen molar-refractivity contribution in [1.82, 2.24) is 5.32 Å². The lowest BCUT2D eigenvalue weighted by atomic mass is 10.1. The zero-order valence-corrected chi connectivity index (χ0v) is 9.61. The van der Waals surface area contributed by atoms with Crippen LogP contribution in [0, 0.1) is 5.92 Å². The Morgan fingerprint density at radius 1 is 1.38 bits per heavy atom. The van der Waals surface area contributed by atoms with Gasteiger partial charge in [-0.05, 0) is 39.7 Å². The van der Waals surface area contributed by atoms with Gasteiger partial charge in [0.25, 0.3) is 0 Å². The quantitative estimate of drug-likeness (QED) is 0.665. The molecule has 0 spiro atoms. The molecule has 0 aromatic heterocycles. The van der Waals surface area contributed by atoms with Crippen LogP contribution in [0.15, 0.2) is 12.5 Å². The zero-order chi connectivity index (χ0) is 10.5. The molecule has 0 rings (SSSR count). The molecule has 78 valence electrons. The summed E-state index contributed by atoms with van der Waals surface area (Å²) in [5.41, 5.74) is -0.151. The van der Waals surface area contributed by atoms with E-state index in [-0.39, 0.29) is 5.60 Å². The minimum atomic E-state index is -0.151. The summed E-state index contributed by atoms with van der Waals surface area (Å²) in [7, 11) is 0. The Morgan fingerprint density at radius 3 is 2.31 bits per heavy atom. The maximum Gasteiger partial charge on any atom is 0.179 e. The topological polar surface area (TPSA) is 21.3 Å². The molecule has 0 aliphatic heterocycles. The number of hydrogen-bond acceptors (Lipinski definition) is 2. The number of hydrogen-bond donors (Lipinski definition) is 1. The molecule has 0 fully saturated rings. The predicted molar refractivity (Wildman–Crippen MR) is 57.4 cm³/mol. The van der Waals surface area contributed by atoms with Gasteiger partial charge in [0, 0.05) is 6.54 Å². The van der Waals surface area contributed by atoms with E-state index in [2.05, 4.69) is 25.7 Å². The van der Waals surface area contributed by atoms with Crippen LogP contribution < -0.4 is 5.32 Å². The van der Waals surface area contributed by atoms with Crippen LogP contribution in [0.3, 0.4) is 0 Å². The van der Waals surface area contributed by atoms with Gasteiger partial charge >= 0.3 is 0 Å². The van der Waals surface area contributed by atoms with Crippen molar-refractivity contribution in [3.63, 3.8) is 0 Å². The molecular formula is C11H23NO. The van der Waals surface area contributed by atoms with Gasteiger partial charge in [0.1, 0.15) is 5.60 Å². The second-order valence-corrected chi connectivity index (χ2v) is 4.75. The van der Waals surface area contributed by atoms with Crippen LogP contribution >= 0.6 is 0 Å². The molecular weight excluding hydrogens is 162 g/mol. The van der Waals surface area contributed by atoms with Crippen LogP contribution in [0.5, 0.6) is 0 Å². The summed E-state index contributed by atoms with van der Waals surface area (Å²) in [6.45, 7) is 15.2. The summed E-state index contributed by atoms with van der Waals surface area (Å²) >= 11 is 0. The Bertz CT molecular complexity index is 156. The van der Waals surface area contributed by atoms with Crippen LogP contribution in [0.2, 0.25) is 0 Å². The van der Waals surface area contributed by atoms with Crippen molar-refractivity contribution >= 4 is 0 Å². The first-order chi connectivity index (χ1) is 5.81. The fourth-order valence-corrected chi connectivity index (χ4v) is 0.906. The summed E-state index contributed by atoms with van der Waals surface area (Å²) in [6.07, 6.45) is 1.15. The van der Waals surface area contributed by atoms with Crippen molar-refractivity contribution in [3.8, 4) is 0 Å². The van der Waals surface area contributed by atoms with Crippen molar-refractivity contribution in [2.45, 2.75) is 46.6 Å². The van der Waals surface area contributed by atoms with Crippen molar-refractivity contribution < 1.29 is 4.74 Å². The molecule has 0 atom stereocenters. The van der Waals surface area contributed by atoms with Crippen LogP contribution in [-0.4, -0.2) is 12.1 Å². The standard InChI is InChI=1S/C11H23NO/c1-9(2)7-8-12-10(3)13-11(4,5)6/h9,12H,3,7-8H2,1-2,4-6H3. The van der Waals surface area contributed by atoms with Gasteiger partial charge in [0.05, 0.1) is 0 Å². The van der Waals surface area contributed by atoms with Crippen molar-refractivity contribution in [3.05, 3.63) is 12.5 Å². The average molecular weight is 185 g/mol. The maximum absolute atomic E-state index is 5.51. The summed E-state index contributed by atoms with van der Waals surface area (Å²) in [5, 5.41) is 3.15. The molecule has 0 aliphatic rings. The van der Waals surface area contributed by atoms with Crippen molar-refractivity contribution in [1.29, 1.82) is 0 Å². The van der Waals surface area contributed by atoms with Gasteiger partial charge in [0.15, 0.2) is 5.88 Å². The summed E-state index contributed by atoms with van der Waals surface area (Å²) in [5.74, 6) is 1.39. The molecule has 0 aromatic rings. The lowest BCUT2D eigenvalue weighted by molar-refractivity contribution is 0.0413. The fraction of sp³-hybridized carbons (Fsp3) is 0.818. The molecule has 0 unspecified atom stereocenters. The van der Waals surface area contributed by atoms with Crippen LogP contribution in [0.1, 0.15) is 41.0 Å². The largest absolute Gasteiger partial charge is 0.474 e. The minimum Gasteiger partial charge on any atom is -0.474 e. The second-order valence-electron chi connectivity index (χ2n) is 4.75. The van der Waals surface area contributed by atoms with Gasteiger partial charge in [0.2, 0.25) is 0 Å². The molecule has 1 N–H and O–H groups in total. The Labute approximate surface area is 82.4 Å². The first-order valence-corrected chi connectivity index (χ1v) is 4.93. The molecule has 0 bridgehead atoms. The smallest absolute Gasteiger partial charge is 0.179 e. The molecule has 13 heavy (non-hydrogen) atoms. The Balaban J connectivity index is 3.53. The highest BCUT2D eigenvalue weighted by atomic mass is 16.5. The van der Waals surface area contributed by atoms with E-state index in [1.807, 2.05) is 20.8 Å². The van der Waals surface area contributed by atoms with Crippen LogP contribution in [0.25, 0.3) is 0 Å². The maximum atomic E-state index is 5.51. The fourth-order valence-electron chi connectivity index (χ4n) is 0.906. The van der Waals surface area contributed by atoms with Gasteiger partial charge in [-0.3, -0.25) is 0 Å². The van der Waals surface area contributed by atoms with E-state index in [1.54, 1.807) is 0 Å². The molecule has 0 aromatic carbocycles. The van der Waals surface area contributed by atoms with E-state index in [9.17, 15) is 0 Å². The monoisotopic (exact) mass is 185 g/mol. The van der Waals surface area contributed by atoms with Gasteiger partial charge in [-0.25, -0.2) is 0 Å². The van der Waals surface area contributed by atoms with Crippen molar-refractivity contribution in [2.75, 3.05) is 6.54 Å². The third kappa shape index (κ3) is 9.25. The Hall–Kier alpha value is -0.660. The van der Waals surface area contributed by atoms with E-state index in [1.165, 1.54) is 0 Å². The first-order valence-electron chi connectivity index (χ1n) is 4.93. The summed E-state index contributed by atoms with van der Waals surface area (Å²) in [4.78, 5) is 0. The minimum absolute atomic E-state index is 0.151. The second kappa shape index (κ2) is 5.15. The molecule has 0 saturated carbocycles.